The van der Waals surface area contributed by atoms with Gasteiger partial charge in [-0.15, -0.1) is 0 Å². The average Bonchev–Trinajstić information content (AvgIpc) is 1.64. The number of carboxylic acid groups (broad SMARTS) is 4. The molecule has 5 unspecified atom stereocenters. The number of anilines is 1. The Hall–Kier alpha value is -16.3. The van der Waals surface area contributed by atoms with Crippen LogP contribution in [-0.2, 0) is 71.7 Å². The predicted octanol–water partition coefficient (Wildman–Crippen LogP) is 2.64. The van der Waals surface area contributed by atoms with Gasteiger partial charge in [0.1, 0.15) is 46.9 Å². The Morgan fingerprint density at radius 3 is 1.20 bits per heavy atom. The van der Waals surface area contributed by atoms with E-state index in [0.717, 1.165) is 60.7 Å². The number of nitrogens with one attached hydrogen (secondary N) is 2. The van der Waals surface area contributed by atoms with Gasteiger partial charge in [0, 0.05) is 113 Å². The summed E-state index contributed by atoms with van der Waals surface area (Å²) in [6.45, 7) is 2.36. The highest BCUT2D eigenvalue weighted by Gasteiger charge is 2.52. The number of cyclic esters (lactones) is 4. The van der Waals surface area contributed by atoms with E-state index >= 15 is 0 Å². The van der Waals surface area contributed by atoms with E-state index in [1.807, 2.05) is 0 Å². The molecule has 50 heteroatoms. The molecule has 0 aromatic heterocycles. The molecule has 12 amide bonds. The van der Waals surface area contributed by atoms with Crippen molar-refractivity contribution in [1.82, 2.24) is 30.2 Å². The van der Waals surface area contributed by atoms with E-state index in [1.54, 1.807) is 10.6 Å². The third-order valence-corrected chi connectivity index (χ3v) is 15.0. The smallest absolute Gasteiger partial charge is 0.353 e. The Morgan fingerprint density at radius 2 is 0.828 bits per heavy atom. The van der Waals surface area contributed by atoms with Gasteiger partial charge in [-0.2, -0.15) is 0 Å². The van der Waals surface area contributed by atoms with E-state index in [2.05, 4.69) is 14.2 Å². The van der Waals surface area contributed by atoms with Crippen molar-refractivity contribution in [3.63, 3.8) is 0 Å². The quantitative estimate of drug-likeness (QED) is 0.0103. The van der Waals surface area contributed by atoms with E-state index in [-0.39, 0.29) is 74.8 Å². The molecule has 3 saturated heterocycles. The third kappa shape index (κ3) is 22.0. The second-order valence-corrected chi connectivity index (χ2v) is 22.3. The van der Waals surface area contributed by atoms with Crippen LogP contribution in [0.15, 0.2) is 91.0 Å². The second kappa shape index (κ2) is 42.0. The minimum Gasteiger partial charge on any atom is -0.481 e. The molecule has 5 atom stereocenters. The largest absolute Gasteiger partial charge is 0.481 e. The van der Waals surface area contributed by atoms with Gasteiger partial charge in [0.05, 0.1) is 53.1 Å². The molecule has 8 aliphatic rings. The summed E-state index contributed by atoms with van der Waals surface area (Å²) in [5.74, 6) is -30.6. The number of nitrogen functional groups attached to an aromatic ring is 1. The van der Waals surface area contributed by atoms with Gasteiger partial charge < -0.3 is 46.1 Å². The number of hydrogen-bond acceptors (Lipinski definition) is 35. The first-order valence-corrected chi connectivity index (χ1v) is 31.0. The Kier molecular flexibility index (Phi) is 24.4. The normalized spacial score (nSPS) is 22.3. The molecule has 643 valence electrons. The molecular formula is C72H70BN12O37. The van der Waals surface area contributed by atoms with Crippen molar-refractivity contribution in [2.24, 2.45) is 5.73 Å². The molecule has 10 N–H and O–H groups in total. The lowest BCUT2D eigenvalue weighted by Crippen LogP contribution is -2.54. The van der Waals surface area contributed by atoms with Crippen LogP contribution < -0.4 is 22.1 Å². The number of piperidine rings is 2. The minimum atomic E-state index is -3.81. The van der Waals surface area contributed by atoms with Gasteiger partial charge in [0.2, 0.25) is 23.6 Å². The zero-order chi connectivity index (χ0) is 106. The van der Waals surface area contributed by atoms with Gasteiger partial charge in [-0.3, -0.25) is 157 Å². The number of amides is 12. The van der Waals surface area contributed by atoms with Crippen LogP contribution in [0.25, 0.3) is 0 Å². The molecule has 5 aromatic rings. The molecule has 0 saturated carbocycles. The van der Waals surface area contributed by atoms with E-state index in [9.17, 15) is 151 Å². The molecule has 122 heavy (non-hydrogen) atoms. The summed E-state index contributed by atoms with van der Waals surface area (Å²) in [4.78, 5) is 297. The van der Waals surface area contributed by atoms with Gasteiger partial charge in [-0.25, -0.2) is 19.2 Å². The van der Waals surface area contributed by atoms with Crippen LogP contribution in [0, 0.1) is 40.5 Å². The summed E-state index contributed by atoms with van der Waals surface area (Å²) in [6, 6.07) is 5.10. The van der Waals surface area contributed by atoms with Crippen molar-refractivity contribution in [2.75, 3.05) is 5.73 Å². The van der Waals surface area contributed by atoms with Crippen LogP contribution in [-0.4, -0.2) is 229 Å². The molecule has 8 aliphatic heterocycles. The van der Waals surface area contributed by atoms with Gasteiger partial charge in [-0.1, -0.05) is 52.6 Å². The molecule has 3 radical (unpaired) electrons. The summed E-state index contributed by atoms with van der Waals surface area (Å²) in [5, 5.41) is 81.9. The van der Waals surface area contributed by atoms with Crippen LogP contribution in [0.2, 0.25) is 0 Å². The predicted molar refractivity (Wildman–Crippen MR) is 403 cm³/mol. The SMILES string of the molecule is C.C.C.CC(=O)OC(C)=O.O=C1OC(=O)c2c1cccc2[N+](=O)[O-].[2HH].[2H]C([2H])(C(=O)O)C([2H])([2H])C(C(=O)O)N1C(=O)c2cccc([N+](=O)[O-])c2C1=O.[2H]C([2H])(C(=O)O)C([2H])([2H])C(N)C(=O)O.[2H]C1([2H])C(=O)NC(=O)C(N2C(=O)c3cccc(N)c3C2=O)C1([2H])[2H].[2H]C1([2H])C(=O)NC(=O)C(N2C(=O)c3cccc([N+](=O)[O-])c3C2=O)C1([2H])[2H].[2H]C1([2H])C(=O)OC(=O)C(N2C(=O)c3cccc([N+](=O)[O-])c3C2=O)C1([2H])[2H].[B]. The molecule has 0 spiro atoms. The number of carbonyl (C=O) groups excluding carboxylic acids is 18. The first-order valence-electron chi connectivity index (χ1n) is 41.0. The first kappa shape index (κ1) is 71.0. The number of nitro groups is 4. The molecule has 49 nitrogen and oxygen atoms in total. The van der Waals surface area contributed by atoms with Crippen LogP contribution in [0.1, 0.15) is 232 Å². The summed E-state index contributed by atoms with van der Waals surface area (Å²) in [6.07, 6.45) is -33.5. The van der Waals surface area contributed by atoms with Crippen molar-refractivity contribution in [3.05, 3.63) is 187 Å². The fourth-order valence-corrected chi connectivity index (χ4v) is 10.3. The number of nitro benzene ring substituents is 4. The molecular weight excluding hydrogens is 1640 g/mol. The molecule has 8 heterocycles. The fraction of sp³-hybridized carbons (Fsp3) is 0.278. The Labute approximate surface area is 713 Å². The van der Waals surface area contributed by atoms with Crippen molar-refractivity contribution in [3.8, 4) is 0 Å². The highest BCUT2D eigenvalue weighted by atomic mass is 16.6. The molecule has 0 aliphatic carbocycles. The topological polar surface area (TPSA) is 746 Å². The highest BCUT2D eigenvalue weighted by molar-refractivity contribution is 6.28. The number of imide groups is 6. The number of fused-ring (bicyclic) bond motifs is 5. The summed E-state index contributed by atoms with van der Waals surface area (Å²) in [7, 11) is 0. The number of carbonyl (C=O) groups is 22. The lowest BCUT2D eigenvalue weighted by Gasteiger charge is -2.27. The van der Waals surface area contributed by atoms with Crippen molar-refractivity contribution < 1.29 is 189 Å². The summed E-state index contributed by atoms with van der Waals surface area (Å²) in [5.41, 5.74) is 3.72. The van der Waals surface area contributed by atoms with Crippen molar-refractivity contribution in [1.29, 1.82) is 0 Å². The maximum absolute atomic E-state index is 12.6. The zero-order valence-corrected chi connectivity index (χ0v) is 58.6. The summed E-state index contributed by atoms with van der Waals surface area (Å²) < 4.78 is 163. The van der Waals surface area contributed by atoms with Crippen LogP contribution in [0.4, 0.5) is 28.4 Å². The van der Waals surface area contributed by atoms with Crippen LogP contribution in [0.3, 0.4) is 0 Å². The van der Waals surface area contributed by atoms with Crippen LogP contribution >= 0.6 is 0 Å². The molecule has 13 rings (SSSR count). The lowest BCUT2D eigenvalue weighted by atomic mass is 10.0. The Bertz CT molecular complexity index is 6210. The Balaban J connectivity index is 0.000000576. The number of rotatable bonds is 16. The van der Waals surface area contributed by atoms with E-state index in [1.165, 1.54) is 44.2 Å². The Morgan fingerprint density at radius 1 is 0.484 bits per heavy atom. The van der Waals surface area contributed by atoms with E-state index < -0.39 is 300 Å². The van der Waals surface area contributed by atoms with Gasteiger partial charge in [0.25, 0.3) is 70.0 Å². The van der Waals surface area contributed by atoms with Gasteiger partial charge >= 0.3 is 59.7 Å². The number of esters is 6. The van der Waals surface area contributed by atoms with Crippen molar-refractivity contribution >= 4 is 167 Å². The fourth-order valence-electron chi connectivity index (χ4n) is 10.3. The number of benzene rings is 5. The number of hydrogen-bond donors (Lipinski definition) is 8. The van der Waals surface area contributed by atoms with E-state index in [0.29, 0.717) is 4.90 Å². The number of ether oxygens (including phenoxy) is 3. The monoisotopic (exact) mass is 1730 g/mol. The molecule has 3 fully saturated rings. The number of carboxylic acids is 4. The van der Waals surface area contributed by atoms with Crippen molar-refractivity contribution in [2.45, 2.75) is 130 Å². The lowest BCUT2D eigenvalue weighted by molar-refractivity contribution is -0.385. The van der Waals surface area contributed by atoms with Crippen LogP contribution in [0.5, 0.6) is 0 Å². The number of aliphatic carboxylic acids is 4. The van der Waals surface area contributed by atoms with Gasteiger partial charge in [0.15, 0.2) is 5.56 Å². The van der Waals surface area contributed by atoms with Gasteiger partial charge in [-0.05, 0) is 68.3 Å². The first-order chi connectivity index (χ1) is 62.9. The molecule has 0 bridgehead atoms. The summed E-state index contributed by atoms with van der Waals surface area (Å²) >= 11 is 0. The maximum atomic E-state index is 12.6. The number of nitrogens with zero attached hydrogens (tertiary/aromatic N) is 8. The minimum absolute atomic E-state index is 0. The second-order valence-electron chi connectivity index (χ2n) is 22.3. The average molecular weight is 1730 g/mol. The van der Waals surface area contributed by atoms with E-state index in [4.69, 9.17) is 54.2 Å². The number of nitrogens with two attached hydrogens (primary N) is 2. The zero-order valence-electron chi connectivity index (χ0n) is 78.6. The maximum Gasteiger partial charge on any atom is 0.353 e. The molecule has 5 aromatic carbocycles. The third-order valence-electron chi connectivity index (χ3n) is 15.0. The highest BCUT2D eigenvalue weighted by Crippen LogP contribution is 2.38. The standard InChI is InChI=1S/C13H9N3O6.C13H11N3O4.C13H10N2O8.C13H8N2O7.C8H3NO5.C5H9NO4.C4H6O3.3CH4.B.H2/c17-9-5-4-8(11(18)14-9)15-12(19)6-2-1-3-7(16(21)22)10(6)13(15)20;14-7-3-1-2-6-10(7)13(20)16(12(6)19)8-4-5-9(17)15-11(8)18;16-9(17)5-4-8(13(20)21)14-11(18)6-2-1-3-7(15(22)23)10(6)12(14)19;16-9-5-4-8(13(19)22-9)14-11(17)6-2-1-3-7(15(20)21)10(6)12(14)18;10-7-4-2-1-3-5(9(12)13)6(4)8(11)14-7;6-3(5(9)10)1-2-4(7)8;1-3(5)7-4(2)6;;;;;/h1-3,8H,4-5H2,(H,14,17,18);1-3,8H,4-5,14H2,(H,15,17,18);1-3,8H,4-5H2,(H,16,17)(H,20,21);1-3,8H,4-5H2;1-3H;3H,1-2,6H2,(H,7,8)(H,9,10);1-2H3;3*1H4;;1H/i4*4D2,5D2;;1D2,2D2;;;;;;1+1.